The van der Waals surface area contributed by atoms with Crippen LogP contribution in [0, 0.1) is 0 Å². The molecule has 0 unspecified atom stereocenters. The molecule has 0 saturated carbocycles. The number of rotatable bonds is 6. The van der Waals surface area contributed by atoms with Crippen LogP contribution in [0.3, 0.4) is 0 Å². The zero-order valence-corrected chi connectivity index (χ0v) is 25.6. The summed E-state index contributed by atoms with van der Waals surface area (Å²) in [4.78, 5) is 2.30. The Morgan fingerprint density at radius 3 is 2.11 bits per heavy atom. The quantitative estimate of drug-likeness (QED) is 0.190. The number of furan rings is 1. The standard InChI is InChI=1S/C41H28N2O2S/c42-36-20-14-27-22-28(15-18-31(27)41(36)44-25-26-8-2-1-3-9-26)43(29-17-21-40-35(23-29)34-11-5-7-13-39(34)46-40)30-16-19-33-32-10-4-6-12-37(32)45-38(33)24-30/h1-24H,25,42H2. The van der Waals surface area contributed by atoms with Crippen LogP contribution in [0.2, 0.25) is 0 Å². The summed E-state index contributed by atoms with van der Waals surface area (Å²) in [7, 11) is 0. The molecule has 0 fully saturated rings. The second-order valence-electron chi connectivity index (χ2n) is 11.6. The predicted octanol–water partition coefficient (Wildman–Crippen LogP) is 11.7. The van der Waals surface area contributed by atoms with Crippen LogP contribution in [0.15, 0.2) is 150 Å². The number of nitrogens with zero attached hydrogens (tertiary/aromatic N) is 1. The highest BCUT2D eigenvalue weighted by Gasteiger charge is 2.18. The number of nitrogens with two attached hydrogens (primary N) is 1. The molecule has 0 atom stereocenters. The fourth-order valence-corrected chi connectivity index (χ4v) is 7.58. The summed E-state index contributed by atoms with van der Waals surface area (Å²) in [5, 5.41) is 6.77. The Kier molecular flexibility index (Phi) is 6.18. The molecule has 0 radical (unpaired) electrons. The van der Waals surface area contributed by atoms with E-state index in [2.05, 4.69) is 114 Å². The van der Waals surface area contributed by atoms with Gasteiger partial charge >= 0.3 is 0 Å². The normalized spacial score (nSPS) is 11.7. The molecule has 2 heterocycles. The zero-order valence-electron chi connectivity index (χ0n) is 24.8. The molecule has 0 aliphatic heterocycles. The summed E-state index contributed by atoms with van der Waals surface area (Å²) >= 11 is 1.83. The van der Waals surface area contributed by atoms with Crippen LogP contribution in [-0.2, 0) is 6.61 Å². The average molecular weight is 613 g/mol. The van der Waals surface area contributed by atoms with Gasteiger partial charge in [-0.15, -0.1) is 11.3 Å². The summed E-state index contributed by atoms with van der Waals surface area (Å²) < 4.78 is 15.2. The van der Waals surface area contributed by atoms with Gasteiger partial charge in [0.05, 0.1) is 5.69 Å². The molecule has 0 bridgehead atoms. The lowest BCUT2D eigenvalue weighted by Gasteiger charge is -2.26. The largest absolute Gasteiger partial charge is 0.486 e. The Bertz CT molecular complexity index is 2570. The van der Waals surface area contributed by atoms with Crippen molar-refractivity contribution in [2.45, 2.75) is 6.61 Å². The molecule has 46 heavy (non-hydrogen) atoms. The predicted molar refractivity (Wildman–Crippen MR) is 194 cm³/mol. The van der Waals surface area contributed by atoms with Gasteiger partial charge in [0.25, 0.3) is 0 Å². The Balaban J connectivity index is 1.21. The molecular weight excluding hydrogens is 585 g/mol. The highest BCUT2D eigenvalue weighted by molar-refractivity contribution is 7.25. The fraction of sp³-hybridized carbons (Fsp3) is 0.0244. The van der Waals surface area contributed by atoms with Gasteiger partial charge in [-0.1, -0.05) is 72.8 Å². The Hall–Kier alpha value is -5.78. The molecule has 5 heteroatoms. The van der Waals surface area contributed by atoms with Crippen molar-refractivity contribution in [3.05, 3.63) is 151 Å². The highest BCUT2D eigenvalue weighted by atomic mass is 32.1. The van der Waals surface area contributed by atoms with E-state index in [0.717, 1.165) is 55.3 Å². The second-order valence-corrected chi connectivity index (χ2v) is 12.6. The van der Waals surface area contributed by atoms with E-state index in [1.165, 1.54) is 20.2 Å². The maximum atomic E-state index is 6.46. The molecular formula is C41H28N2O2S. The first-order chi connectivity index (χ1) is 22.7. The molecule has 220 valence electrons. The van der Waals surface area contributed by atoms with Gasteiger partial charge in [0.2, 0.25) is 0 Å². The summed E-state index contributed by atoms with van der Waals surface area (Å²) in [6, 6.07) is 50.7. The number of fused-ring (bicyclic) bond motifs is 7. The number of hydrogen-bond donors (Lipinski definition) is 1. The first kappa shape index (κ1) is 26.6. The van der Waals surface area contributed by atoms with E-state index in [4.69, 9.17) is 14.9 Å². The molecule has 4 nitrogen and oxygen atoms in total. The number of nitrogen functional groups attached to an aromatic ring is 1. The van der Waals surface area contributed by atoms with Crippen molar-refractivity contribution in [1.29, 1.82) is 0 Å². The van der Waals surface area contributed by atoms with Crippen molar-refractivity contribution in [3.63, 3.8) is 0 Å². The van der Waals surface area contributed by atoms with Gasteiger partial charge < -0.3 is 19.8 Å². The van der Waals surface area contributed by atoms with Gasteiger partial charge in [0.15, 0.2) is 5.75 Å². The van der Waals surface area contributed by atoms with Gasteiger partial charge in [-0.3, -0.25) is 0 Å². The maximum Gasteiger partial charge on any atom is 0.150 e. The number of ether oxygens (including phenoxy) is 1. The summed E-state index contributed by atoms with van der Waals surface area (Å²) in [6.07, 6.45) is 0. The van der Waals surface area contributed by atoms with Crippen molar-refractivity contribution in [1.82, 2.24) is 0 Å². The number of para-hydroxylation sites is 1. The number of benzene rings is 7. The van der Waals surface area contributed by atoms with Crippen molar-refractivity contribution in [3.8, 4) is 5.75 Å². The smallest absolute Gasteiger partial charge is 0.150 e. The van der Waals surface area contributed by atoms with Gasteiger partial charge in [0, 0.05) is 59.5 Å². The molecule has 2 N–H and O–H groups in total. The Morgan fingerprint density at radius 2 is 1.22 bits per heavy atom. The topological polar surface area (TPSA) is 51.6 Å². The summed E-state index contributed by atoms with van der Waals surface area (Å²) in [5.74, 6) is 0.703. The van der Waals surface area contributed by atoms with Crippen molar-refractivity contribution < 1.29 is 9.15 Å². The highest BCUT2D eigenvalue weighted by Crippen LogP contribution is 2.43. The molecule has 0 spiro atoms. The van der Waals surface area contributed by atoms with Gasteiger partial charge in [-0.05, 0) is 77.7 Å². The zero-order chi connectivity index (χ0) is 30.6. The van der Waals surface area contributed by atoms with Crippen LogP contribution in [0.4, 0.5) is 22.7 Å². The molecule has 2 aromatic heterocycles. The molecule has 0 amide bonds. The third-order valence-electron chi connectivity index (χ3n) is 8.71. The van der Waals surface area contributed by atoms with Crippen molar-refractivity contribution in [2.75, 3.05) is 10.6 Å². The monoisotopic (exact) mass is 612 g/mol. The van der Waals surface area contributed by atoms with E-state index in [-0.39, 0.29) is 0 Å². The molecule has 9 aromatic rings. The third kappa shape index (κ3) is 4.44. The van der Waals surface area contributed by atoms with Crippen molar-refractivity contribution in [2.24, 2.45) is 0 Å². The van der Waals surface area contributed by atoms with E-state index in [0.29, 0.717) is 18.0 Å². The summed E-state index contributed by atoms with van der Waals surface area (Å²) in [6.45, 7) is 0.449. The first-order valence-electron chi connectivity index (χ1n) is 15.3. The minimum Gasteiger partial charge on any atom is -0.486 e. The van der Waals surface area contributed by atoms with Gasteiger partial charge in [-0.25, -0.2) is 0 Å². The van der Waals surface area contributed by atoms with Crippen LogP contribution >= 0.6 is 11.3 Å². The van der Waals surface area contributed by atoms with E-state index in [9.17, 15) is 0 Å². The number of anilines is 4. The van der Waals surface area contributed by atoms with Gasteiger partial charge in [0.1, 0.15) is 17.8 Å². The Labute approximate surface area is 269 Å². The first-order valence-corrected chi connectivity index (χ1v) is 16.1. The fourth-order valence-electron chi connectivity index (χ4n) is 6.49. The molecule has 7 aromatic carbocycles. The Morgan fingerprint density at radius 1 is 0.543 bits per heavy atom. The van der Waals surface area contributed by atoms with E-state index in [1.54, 1.807) is 0 Å². The summed E-state index contributed by atoms with van der Waals surface area (Å²) in [5.41, 5.74) is 13.0. The molecule has 9 rings (SSSR count). The third-order valence-corrected chi connectivity index (χ3v) is 9.86. The van der Waals surface area contributed by atoms with E-state index in [1.807, 2.05) is 47.7 Å². The van der Waals surface area contributed by atoms with E-state index >= 15 is 0 Å². The van der Waals surface area contributed by atoms with Crippen LogP contribution in [0.1, 0.15) is 5.56 Å². The van der Waals surface area contributed by atoms with Crippen LogP contribution in [-0.4, -0.2) is 0 Å². The minimum absolute atomic E-state index is 0.449. The molecule has 0 aliphatic rings. The van der Waals surface area contributed by atoms with Gasteiger partial charge in [-0.2, -0.15) is 0 Å². The SMILES string of the molecule is Nc1ccc2cc(N(c3ccc4c(c3)oc3ccccc34)c3ccc4sc5ccccc5c4c3)ccc2c1OCc1ccccc1. The lowest BCUT2D eigenvalue weighted by Crippen LogP contribution is -2.10. The maximum absolute atomic E-state index is 6.46. The lowest BCUT2D eigenvalue weighted by atomic mass is 10.1. The minimum atomic E-state index is 0.449. The van der Waals surface area contributed by atoms with Crippen molar-refractivity contribution >= 4 is 87.0 Å². The van der Waals surface area contributed by atoms with Crippen LogP contribution < -0.4 is 15.4 Å². The molecule has 0 saturated heterocycles. The van der Waals surface area contributed by atoms with Crippen LogP contribution in [0.25, 0.3) is 52.9 Å². The van der Waals surface area contributed by atoms with Crippen LogP contribution in [0.5, 0.6) is 5.75 Å². The lowest BCUT2D eigenvalue weighted by molar-refractivity contribution is 0.312. The second kappa shape index (κ2) is 10.7. The average Bonchev–Trinajstić information content (AvgIpc) is 3.66. The number of hydrogen-bond acceptors (Lipinski definition) is 5. The molecule has 0 aliphatic carbocycles. The number of thiophene rings is 1. The van der Waals surface area contributed by atoms with E-state index < -0.39 is 0 Å².